The quantitative estimate of drug-likeness (QED) is 0.272. The second-order valence-corrected chi connectivity index (χ2v) is 6.24. The zero-order valence-corrected chi connectivity index (χ0v) is 15.4. The van der Waals surface area contributed by atoms with Crippen LogP contribution in [0.5, 0.6) is 0 Å². The number of nitrogens with two attached hydrogens (primary N) is 1. The van der Waals surface area contributed by atoms with Gasteiger partial charge in [0.15, 0.2) is 0 Å². The van der Waals surface area contributed by atoms with E-state index < -0.39 is 48.3 Å². The van der Waals surface area contributed by atoms with E-state index in [2.05, 4.69) is 23.3 Å². The Morgan fingerprint density at radius 2 is 1.59 bits per heavy atom. The highest BCUT2D eigenvalue weighted by Crippen LogP contribution is 2.06. The smallest absolute Gasteiger partial charge is 0.326 e. The van der Waals surface area contributed by atoms with Gasteiger partial charge in [-0.2, -0.15) is 12.6 Å². The van der Waals surface area contributed by atoms with Gasteiger partial charge in [0.05, 0.1) is 6.04 Å². The van der Waals surface area contributed by atoms with Crippen molar-refractivity contribution in [3.63, 3.8) is 0 Å². The number of carboxylic acid groups (broad SMARTS) is 2. The number of carbonyl (C=O) groups excluding carboxylic acids is 2. The van der Waals surface area contributed by atoms with Gasteiger partial charge in [0.2, 0.25) is 11.8 Å². The lowest BCUT2D eigenvalue weighted by Gasteiger charge is -2.22. The van der Waals surface area contributed by atoms with Gasteiger partial charge < -0.3 is 26.6 Å². The van der Waals surface area contributed by atoms with E-state index in [0.29, 0.717) is 0 Å². The summed E-state index contributed by atoms with van der Waals surface area (Å²) in [5, 5.41) is 22.7. The fraction of sp³-hybridized carbons (Fsp3) is 0.412. The van der Waals surface area contributed by atoms with Crippen molar-refractivity contribution < 1.29 is 29.4 Å². The minimum Gasteiger partial charge on any atom is -0.481 e. The largest absolute Gasteiger partial charge is 0.481 e. The molecular formula is C17H23N3O6S. The number of nitrogens with one attached hydrogen (secondary N) is 2. The fourth-order valence-electron chi connectivity index (χ4n) is 2.22. The van der Waals surface area contributed by atoms with Crippen molar-refractivity contribution in [2.75, 3.05) is 5.75 Å². The molecule has 3 atom stereocenters. The summed E-state index contributed by atoms with van der Waals surface area (Å²) in [6, 6.07) is 5.44. The maximum absolute atomic E-state index is 12.6. The number of carboxylic acids is 2. The van der Waals surface area contributed by atoms with Crippen LogP contribution >= 0.6 is 12.6 Å². The Balaban J connectivity index is 2.91. The predicted octanol–water partition coefficient (Wildman–Crippen LogP) is -0.595. The van der Waals surface area contributed by atoms with Crippen LogP contribution in [0.1, 0.15) is 18.4 Å². The molecule has 27 heavy (non-hydrogen) atoms. The summed E-state index contributed by atoms with van der Waals surface area (Å²) >= 11 is 3.94. The molecule has 1 aromatic rings. The molecule has 2 amide bonds. The summed E-state index contributed by atoms with van der Waals surface area (Å²) in [7, 11) is 0. The lowest BCUT2D eigenvalue weighted by atomic mass is 10.0. The van der Waals surface area contributed by atoms with Crippen LogP contribution in [0.3, 0.4) is 0 Å². The van der Waals surface area contributed by atoms with Crippen molar-refractivity contribution in [2.45, 2.75) is 37.4 Å². The lowest BCUT2D eigenvalue weighted by molar-refractivity contribution is -0.143. The van der Waals surface area contributed by atoms with Gasteiger partial charge in [-0.1, -0.05) is 30.3 Å². The summed E-state index contributed by atoms with van der Waals surface area (Å²) in [6.45, 7) is 0. The van der Waals surface area contributed by atoms with Crippen LogP contribution in [0.15, 0.2) is 30.3 Å². The van der Waals surface area contributed by atoms with Gasteiger partial charge >= 0.3 is 11.9 Å². The number of aliphatic carboxylic acids is 2. The summed E-state index contributed by atoms with van der Waals surface area (Å²) in [4.78, 5) is 46.5. The van der Waals surface area contributed by atoms with Gasteiger partial charge in [-0.15, -0.1) is 0 Å². The maximum atomic E-state index is 12.6. The van der Waals surface area contributed by atoms with Crippen molar-refractivity contribution in [2.24, 2.45) is 5.73 Å². The second kappa shape index (κ2) is 11.2. The van der Waals surface area contributed by atoms with Crippen LogP contribution in [0.25, 0.3) is 0 Å². The Morgan fingerprint density at radius 3 is 2.11 bits per heavy atom. The molecule has 0 bridgehead atoms. The maximum Gasteiger partial charge on any atom is 0.326 e. The molecule has 1 rings (SSSR count). The zero-order chi connectivity index (χ0) is 20.4. The molecule has 0 spiro atoms. The molecule has 3 unspecified atom stereocenters. The molecule has 9 nitrogen and oxygen atoms in total. The number of hydrogen-bond donors (Lipinski definition) is 6. The number of amides is 2. The van der Waals surface area contributed by atoms with Gasteiger partial charge in [-0.3, -0.25) is 14.4 Å². The van der Waals surface area contributed by atoms with Crippen LogP contribution in [0.4, 0.5) is 0 Å². The molecule has 0 aromatic heterocycles. The summed E-state index contributed by atoms with van der Waals surface area (Å²) in [5.74, 6) is -3.80. The minimum absolute atomic E-state index is 0.0713. The standard InChI is InChI=1S/C17H23N3O6S/c18-11(9-27)15(23)20-13(8-10-4-2-1-3-5-10)16(24)19-12(17(25)26)6-7-14(21)22/h1-5,11-13,27H,6-9,18H2,(H,19,24)(H,20,23)(H,21,22)(H,25,26). The van der Waals surface area contributed by atoms with Crippen molar-refractivity contribution in [3.05, 3.63) is 35.9 Å². The first kappa shape index (κ1) is 22.5. The Hall–Kier alpha value is -2.59. The number of rotatable bonds is 11. The molecule has 0 fully saturated rings. The van der Waals surface area contributed by atoms with Crippen molar-refractivity contribution >= 4 is 36.4 Å². The third-order valence-corrected chi connectivity index (χ3v) is 4.10. The average molecular weight is 397 g/mol. The summed E-state index contributed by atoms with van der Waals surface area (Å²) in [6.07, 6.45) is -0.584. The van der Waals surface area contributed by atoms with Crippen LogP contribution in [0.2, 0.25) is 0 Å². The molecule has 10 heteroatoms. The monoisotopic (exact) mass is 397 g/mol. The normalized spacial score (nSPS) is 13.9. The van der Waals surface area contributed by atoms with Crippen LogP contribution in [-0.4, -0.2) is 57.8 Å². The fourth-order valence-corrected chi connectivity index (χ4v) is 2.38. The van der Waals surface area contributed by atoms with E-state index in [1.807, 2.05) is 0 Å². The summed E-state index contributed by atoms with van der Waals surface area (Å²) < 4.78 is 0. The Bertz CT molecular complexity index is 670. The van der Waals surface area contributed by atoms with E-state index >= 15 is 0 Å². The molecule has 0 radical (unpaired) electrons. The first-order valence-corrected chi connectivity index (χ1v) is 8.83. The molecule has 1 aromatic carbocycles. The highest BCUT2D eigenvalue weighted by atomic mass is 32.1. The molecular weight excluding hydrogens is 374 g/mol. The van der Waals surface area contributed by atoms with Crippen molar-refractivity contribution in [3.8, 4) is 0 Å². The van der Waals surface area contributed by atoms with E-state index in [4.69, 9.17) is 10.8 Å². The topological polar surface area (TPSA) is 159 Å². The number of thiol groups is 1. The molecule has 0 saturated carbocycles. The van der Waals surface area contributed by atoms with E-state index in [1.165, 1.54) is 0 Å². The number of hydrogen-bond acceptors (Lipinski definition) is 6. The van der Waals surface area contributed by atoms with Gasteiger partial charge in [-0.25, -0.2) is 4.79 Å². The molecule has 0 aliphatic heterocycles. The lowest BCUT2D eigenvalue weighted by Crippen LogP contribution is -2.55. The average Bonchev–Trinajstić information content (AvgIpc) is 2.63. The van der Waals surface area contributed by atoms with E-state index in [1.54, 1.807) is 30.3 Å². The Kier molecular flexibility index (Phi) is 9.31. The molecule has 0 saturated heterocycles. The zero-order valence-electron chi connectivity index (χ0n) is 14.5. The SMILES string of the molecule is NC(CS)C(=O)NC(Cc1ccccc1)C(=O)NC(CCC(=O)O)C(=O)O. The van der Waals surface area contributed by atoms with Crippen molar-refractivity contribution in [1.82, 2.24) is 10.6 Å². The van der Waals surface area contributed by atoms with Gasteiger partial charge in [0.25, 0.3) is 0 Å². The number of benzene rings is 1. The third kappa shape index (κ3) is 8.09. The van der Waals surface area contributed by atoms with Gasteiger partial charge in [0, 0.05) is 18.6 Å². The van der Waals surface area contributed by atoms with Gasteiger partial charge in [0.1, 0.15) is 12.1 Å². The highest BCUT2D eigenvalue weighted by molar-refractivity contribution is 7.80. The van der Waals surface area contributed by atoms with Gasteiger partial charge in [-0.05, 0) is 12.0 Å². The Labute approximate surface area is 161 Å². The first-order chi connectivity index (χ1) is 12.7. The van der Waals surface area contributed by atoms with Crippen molar-refractivity contribution in [1.29, 1.82) is 0 Å². The molecule has 6 N–H and O–H groups in total. The predicted molar refractivity (Wildman–Crippen MR) is 100 cm³/mol. The second-order valence-electron chi connectivity index (χ2n) is 5.87. The molecule has 148 valence electrons. The third-order valence-electron chi connectivity index (χ3n) is 3.71. The van der Waals surface area contributed by atoms with E-state index in [0.717, 1.165) is 5.56 Å². The molecule has 0 heterocycles. The number of carbonyl (C=O) groups is 4. The minimum atomic E-state index is -1.39. The molecule has 0 aliphatic carbocycles. The van der Waals surface area contributed by atoms with Crippen LogP contribution in [0, 0.1) is 0 Å². The summed E-state index contributed by atoms with van der Waals surface area (Å²) in [5.41, 5.74) is 6.35. The van der Waals surface area contributed by atoms with Crippen LogP contribution < -0.4 is 16.4 Å². The first-order valence-electron chi connectivity index (χ1n) is 8.20. The van der Waals surface area contributed by atoms with E-state index in [-0.39, 0.29) is 18.6 Å². The van der Waals surface area contributed by atoms with E-state index in [9.17, 15) is 24.3 Å². The molecule has 0 aliphatic rings. The Morgan fingerprint density at radius 1 is 1.00 bits per heavy atom. The highest BCUT2D eigenvalue weighted by Gasteiger charge is 2.28. The van der Waals surface area contributed by atoms with Crippen LogP contribution in [-0.2, 0) is 25.6 Å².